The fourth-order valence-corrected chi connectivity index (χ4v) is 4.37. The summed E-state index contributed by atoms with van der Waals surface area (Å²) in [5, 5.41) is 3.12. The van der Waals surface area contributed by atoms with Gasteiger partial charge in [0, 0.05) is 44.7 Å². The Labute approximate surface area is 189 Å². The van der Waals surface area contributed by atoms with E-state index in [1.807, 2.05) is 41.3 Å². The lowest BCUT2D eigenvalue weighted by atomic mass is 10.0. The van der Waals surface area contributed by atoms with Crippen molar-refractivity contribution in [3.8, 4) is 5.75 Å². The van der Waals surface area contributed by atoms with Gasteiger partial charge in [0.1, 0.15) is 5.75 Å². The van der Waals surface area contributed by atoms with Gasteiger partial charge in [0.05, 0.1) is 26.4 Å². The Morgan fingerprint density at radius 2 is 1.91 bits per heavy atom. The van der Waals surface area contributed by atoms with E-state index in [9.17, 15) is 9.59 Å². The van der Waals surface area contributed by atoms with Crippen LogP contribution in [0.15, 0.2) is 48.5 Å². The van der Waals surface area contributed by atoms with Crippen LogP contribution >= 0.6 is 0 Å². The highest BCUT2D eigenvalue weighted by atomic mass is 16.5. The molecule has 1 atom stereocenters. The van der Waals surface area contributed by atoms with Crippen molar-refractivity contribution in [3.05, 3.63) is 65.2 Å². The average molecular weight is 438 g/mol. The molecule has 4 rings (SSSR count). The minimum Gasteiger partial charge on any atom is -0.497 e. The number of nitrogens with zero attached hydrogens (tertiary/aromatic N) is 2. The van der Waals surface area contributed by atoms with Crippen LogP contribution in [-0.4, -0.2) is 68.1 Å². The lowest BCUT2D eigenvalue weighted by molar-refractivity contribution is -0.128. The van der Waals surface area contributed by atoms with E-state index in [1.165, 1.54) is 0 Å². The number of hydrogen-bond acceptors (Lipinski definition) is 5. The molecule has 2 aliphatic heterocycles. The number of benzene rings is 2. The van der Waals surface area contributed by atoms with Gasteiger partial charge in [0.25, 0.3) is 5.91 Å². The lowest BCUT2D eigenvalue weighted by Gasteiger charge is -2.35. The van der Waals surface area contributed by atoms with E-state index in [1.54, 1.807) is 7.11 Å². The predicted octanol–water partition coefficient (Wildman–Crippen LogP) is 2.62. The number of amides is 2. The van der Waals surface area contributed by atoms with Gasteiger partial charge in [-0.2, -0.15) is 0 Å². The Bertz CT molecular complexity index is 925. The van der Waals surface area contributed by atoms with Crippen molar-refractivity contribution in [1.29, 1.82) is 0 Å². The molecule has 7 heteroatoms. The van der Waals surface area contributed by atoms with Crippen molar-refractivity contribution in [2.45, 2.75) is 25.4 Å². The number of likely N-dealkylation sites (tertiary alicyclic amines) is 1. The van der Waals surface area contributed by atoms with Gasteiger partial charge in [-0.25, -0.2) is 0 Å². The molecule has 2 heterocycles. The zero-order valence-electron chi connectivity index (χ0n) is 18.6. The summed E-state index contributed by atoms with van der Waals surface area (Å²) in [5.41, 5.74) is 2.73. The van der Waals surface area contributed by atoms with Gasteiger partial charge in [0.15, 0.2) is 0 Å². The molecule has 1 N–H and O–H groups in total. The number of carbonyl (C=O) groups excluding carboxylic acids is 2. The Kier molecular flexibility index (Phi) is 7.39. The Morgan fingerprint density at radius 1 is 1.12 bits per heavy atom. The van der Waals surface area contributed by atoms with E-state index in [0.717, 1.165) is 42.9 Å². The van der Waals surface area contributed by atoms with Crippen LogP contribution in [0, 0.1) is 0 Å². The molecule has 2 aromatic carbocycles. The van der Waals surface area contributed by atoms with E-state index in [4.69, 9.17) is 9.47 Å². The summed E-state index contributed by atoms with van der Waals surface area (Å²) in [7, 11) is 1.66. The van der Waals surface area contributed by atoms with E-state index in [0.29, 0.717) is 38.3 Å². The van der Waals surface area contributed by atoms with Crippen molar-refractivity contribution >= 4 is 11.8 Å². The molecule has 0 aliphatic carbocycles. The van der Waals surface area contributed by atoms with Crippen LogP contribution in [0.3, 0.4) is 0 Å². The first-order chi connectivity index (χ1) is 15.6. The van der Waals surface area contributed by atoms with Crippen molar-refractivity contribution in [1.82, 2.24) is 15.1 Å². The first kappa shape index (κ1) is 22.3. The molecule has 32 heavy (non-hydrogen) atoms. The van der Waals surface area contributed by atoms with Crippen LogP contribution in [0.2, 0.25) is 0 Å². The zero-order chi connectivity index (χ0) is 22.3. The van der Waals surface area contributed by atoms with Crippen molar-refractivity contribution in [3.63, 3.8) is 0 Å². The maximum Gasteiger partial charge on any atom is 0.251 e. The molecule has 170 valence electrons. The Balaban J connectivity index is 1.43. The first-order valence-corrected chi connectivity index (χ1v) is 11.2. The van der Waals surface area contributed by atoms with Crippen LogP contribution in [0.25, 0.3) is 0 Å². The molecule has 2 aliphatic rings. The highest BCUT2D eigenvalue weighted by Gasteiger charge is 2.24. The Hall–Kier alpha value is -2.90. The van der Waals surface area contributed by atoms with Crippen LogP contribution < -0.4 is 10.1 Å². The molecule has 7 nitrogen and oxygen atoms in total. The van der Waals surface area contributed by atoms with E-state index in [-0.39, 0.29) is 17.9 Å². The summed E-state index contributed by atoms with van der Waals surface area (Å²) in [5.74, 6) is 0.894. The van der Waals surface area contributed by atoms with Gasteiger partial charge in [-0.15, -0.1) is 0 Å². The molecule has 0 radical (unpaired) electrons. The minimum atomic E-state index is -0.105. The summed E-state index contributed by atoms with van der Waals surface area (Å²) in [6.07, 6.45) is 1.53. The fraction of sp³-hybridized carbons (Fsp3) is 0.440. The summed E-state index contributed by atoms with van der Waals surface area (Å²) in [6, 6.07) is 15.6. The number of ether oxygens (including phenoxy) is 2. The van der Waals surface area contributed by atoms with Gasteiger partial charge < -0.3 is 19.7 Å². The number of carbonyl (C=O) groups is 2. The van der Waals surface area contributed by atoms with E-state index in [2.05, 4.69) is 22.3 Å². The van der Waals surface area contributed by atoms with Crippen LogP contribution in [0.1, 0.15) is 40.4 Å². The topological polar surface area (TPSA) is 71.1 Å². The molecule has 0 unspecified atom stereocenters. The van der Waals surface area contributed by atoms with Crippen LogP contribution in [-0.2, 0) is 16.1 Å². The summed E-state index contributed by atoms with van der Waals surface area (Å²) in [6.45, 7) is 4.88. The number of methoxy groups -OCH3 is 1. The number of hydrogen-bond donors (Lipinski definition) is 1. The third-order valence-electron chi connectivity index (χ3n) is 6.18. The number of rotatable bonds is 8. The zero-order valence-corrected chi connectivity index (χ0v) is 18.6. The second-order valence-electron chi connectivity index (χ2n) is 8.27. The summed E-state index contributed by atoms with van der Waals surface area (Å²) in [4.78, 5) is 29.1. The molecule has 2 fully saturated rings. The second-order valence-corrected chi connectivity index (χ2v) is 8.27. The summed E-state index contributed by atoms with van der Waals surface area (Å²) < 4.78 is 10.8. The second kappa shape index (κ2) is 10.6. The standard InChI is InChI=1S/C25H31N3O4/c1-31-22-9-7-20(8-10-22)23(27-12-14-32-15-13-27)17-26-25(30)21-5-2-4-19(16-21)18-28-11-3-6-24(28)29/h2,4-5,7-10,16,23H,3,6,11-15,17-18H2,1H3,(H,26,30)/t23-/m1/s1. The molecule has 2 aromatic rings. The normalized spacial score (nSPS) is 17.9. The highest BCUT2D eigenvalue weighted by molar-refractivity contribution is 5.94. The van der Waals surface area contributed by atoms with Gasteiger partial charge in [-0.1, -0.05) is 24.3 Å². The van der Waals surface area contributed by atoms with Crippen molar-refractivity contribution in [2.24, 2.45) is 0 Å². The van der Waals surface area contributed by atoms with Crippen molar-refractivity contribution < 1.29 is 19.1 Å². The maximum atomic E-state index is 13.0. The number of nitrogens with one attached hydrogen (secondary N) is 1. The number of morpholine rings is 1. The SMILES string of the molecule is COc1ccc([C@@H](CNC(=O)c2cccc(CN3CCCC3=O)c2)N2CCOCC2)cc1. The first-order valence-electron chi connectivity index (χ1n) is 11.2. The third-order valence-corrected chi connectivity index (χ3v) is 6.18. The predicted molar refractivity (Wildman–Crippen MR) is 122 cm³/mol. The quantitative estimate of drug-likeness (QED) is 0.688. The van der Waals surface area contributed by atoms with Gasteiger partial charge in [0.2, 0.25) is 5.91 Å². The average Bonchev–Trinajstić information content (AvgIpc) is 3.24. The monoisotopic (exact) mass is 437 g/mol. The van der Waals surface area contributed by atoms with E-state index >= 15 is 0 Å². The smallest absolute Gasteiger partial charge is 0.251 e. The van der Waals surface area contributed by atoms with E-state index < -0.39 is 0 Å². The van der Waals surface area contributed by atoms with Crippen LogP contribution in [0.5, 0.6) is 5.75 Å². The van der Waals surface area contributed by atoms with Gasteiger partial charge in [-0.3, -0.25) is 14.5 Å². The van der Waals surface area contributed by atoms with Crippen molar-refractivity contribution in [2.75, 3.05) is 46.5 Å². The van der Waals surface area contributed by atoms with Gasteiger partial charge in [-0.05, 0) is 41.8 Å². The lowest BCUT2D eigenvalue weighted by Crippen LogP contribution is -2.43. The largest absolute Gasteiger partial charge is 0.497 e. The van der Waals surface area contributed by atoms with Gasteiger partial charge >= 0.3 is 0 Å². The molecular formula is C25H31N3O4. The molecule has 2 saturated heterocycles. The molecule has 0 aromatic heterocycles. The molecule has 0 spiro atoms. The summed E-state index contributed by atoms with van der Waals surface area (Å²) >= 11 is 0. The highest BCUT2D eigenvalue weighted by Crippen LogP contribution is 2.24. The fourth-order valence-electron chi connectivity index (χ4n) is 4.37. The Morgan fingerprint density at radius 3 is 2.59 bits per heavy atom. The molecule has 0 saturated carbocycles. The minimum absolute atomic E-state index is 0.0548. The van der Waals surface area contributed by atoms with Crippen LogP contribution in [0.4, 0.5) is 0 Å². The third kappa shape index (κ3) is 5.47. The molecule has 0 bridgehead atoms. The molecule has 2 amide bonds. The maximum absolute atomic E-state index is 13.0. The molecular weight excluding hydrogens is 406 g/mol.